The van der Waals surface area contributed by atoms with Gasteiger partial charge in [-0.3, -0.25) is 19.3 Å². The molecule has 0 atom stereocenters. The number of carbonyl (C=O) groups excluding carboxylic acids is 4. The number of nitrogens with zero attached hydrogens (tertiary/aromatic N) is 2. The lowest BCUT2D eigenvalue weighted by Gasteiger charge is -2.12. The average Bonchev–Trinajstić information content (AvgIpc) is 3.28. The van der Waals surface area contributed by atoms with Gasteiger partial charge in [0.1, 0.15) is 12.4 Å². The summed E-state index contributed by atoms with van der Waals surface area (Å²) in [5, 5.41) is 1.92. The molecule has 2 aromatic carbocycles. The zero-order chi connectivity index (χ0) is 26.7. The van der Waals surface area contributed by atoms with Crippen molar-refractivity contribution in [3.63, 3.8) is 0 Å². The number of rotatable bonds is 7. The van der Waals surface area contributed by atoms with Gasteiger partial charge in [0.05, 0.1) is 17.1 Å². The van der Waals surface area contributed by atoms with Crippen LogP contribution in [0.4, 0.5) is 14.9 Å². The molecular formula is C27H24FN3O5S. The van der Waals surface area contributed by atoms with E-state index in [0.29, 0.717) is 11.1 Å². The van der Waals surface area contributed by atoms with Gasteiger partial charge in [-0.15, -0.1) is 0 Å². The van der Waals surface area contributed by atoms with Gasteiger partial charge in [0, 0.05) is 22.8 Å². The summed E-state index contributed by atoms with van der Waals surface area (Å²) >= 11 is 0.747. The van der Waals surface area contributed by atoms with Gasteiger partial charge in [-0.05, 0) is 86.6 Å². The van der Waals surface area contributed by atoms with Crippen LogP contribution >= 0.6 is 11.8 Å². The number of imide groups is 1. The van der Waals surface area contributed by atoms with Crippen LogP contribution in [0.5, 0.6) is 0 Å². The van der Waals surface area contributed by atoms with Crippen LogP contribution in [0.2, 0.25) is 0 Å². The molecule has 0 bridgehead atoms. The Bertz CT molecular complexity index is 1450. The van der Waals surface area contributed by atoms with Gasteiger partial charge in [-0.1, -0.05) is 12.1 Å². The third kappa shape index (κ3) is 5.64. The fourth-order valence-corrected chi connectivity index (χ4v) is 4.83. The van der Waals surface area contributed by atoms with E-state index in [1.54, 1.807) is 31.2 Å². The number of ether oxygens (including phenoxy) is 1. The van der Waals surface area contributed by atoms with E-state index in [4.69, 9.17) is 4.74 Å². The average molecular weight is 522 g/mol. The normalized spacial score (nSPS) is 14.4. The van der Waals surface area contributed by atoms with Crippen molar-refractivity contribution in [3.8, 4) is 5.69 Å². The lowest BCUT2D eigenvalue weighted by molar-refractivity contribution is -0.127. The maximum atomic E-state index is 13.4. The van der Waals surface area contributed by atoms with Crippen molar-refractivity contribution in [1.82, 2.24) is 9.47 Å². The smallest absolute Gasteiger partial charge is 0.338 e. The zero-order valence-corrected chi connectivity index (χ0v) is 21.2. The maximum Gasteiger partial charge on any atom is 0.338 e. The summed E-state index contributed by atoms with van der Waals surface area (Å²) in [6, 6.07) is 14.2. The van der Waals surface area contributed by atoms with Gasteiger partial charge < -0.3 is 14.6 Å². The molecule has 0 unspecified atom stereocenters. The SMILES string of the molecule is CCOC(=O)c1cccc(-n2c(C)cc(/C=C3/SC(=O)N(CC(=O)Nc4cccc(F)c4)C3=O)c2C)c1. The number of benzene rings is 2. The van der Waals surface area contributed by atoms with Crippen molar-refractivity contribution in [2.24, 2.45) is 0 Å². The van der Waals surface area contributed by atoms with E-state index in [0.717, 1.165) is 39.8 Å². The van der Waals surface area contributed by atoms with Gasteiger partial charge in [-0.25, -0.2) is 9.18 Å². The molecule has 0 saturated carbocycles. The van der Waals surface area contributed by atoms with E-state index in [2.05, 4.69) is 5.32 Å². The molecule has 0 aliphatic carbocycles. The molecule has 0 radical (unpaired) electrons. The Balaban J connectivity index is 1.54. The number of carbonyl (C=O) groups is 4. The van der Waals surface area contributed by atoms with Crippen molar-refractivity contribution in [1.29, 1.82) is 0 Å². The van der Waals surface area contributed by atoms with Gasteiger partial charge in [0.25, 0.3) is 11.1 Å². The molecular weight excluding hydrogens is 497 g/mol. The van der Waals surface area contributed by atoms with Gasteiger partial charge in [0.15, 0.2) is 0 Å². The Kier molecular flexibility index (Phi) is 7.58. The second kappa shape index (κ2) is 10.8. The maximum absolute atomic E-state index is 13.4. The first-order chi connectivity index (χ1) is 17.7. The molecule has 8 nitrogen and oxygen atoms in total. The van der Waals surface area contributed by atoms with E-state index >= 15 is 0 Å². The third-order valence-electron chi connectivity index (χ3n) is 5.66. The first-order valence-corrected chi connectivity index (χ1v) is 12.3. The summed E-state index contributed by atoms with van der Waals surface area (Å²) in [5.74, 6) is -2.13. The molecule has 1 fully saturated rings. The lowest BCUT2D eigenvalue weighted by Crippen LogP contribution is -2.36. The summed E-state index contributed by atoms with van der Waals surface area (Å²) in [6.45, 7) is 5.29. The van der Waals surface area contributed by atoms with Crippen molar-refractivity contribution >= 4 is 46.5 Å². The van der Waals surface area contributed by atoms with Crippen LogP contribution in [-0.2, 0) is 14.3 Å². The van der Waals surface area contributed by atoms with Crippen LogP contribution in [-0.4, -0.2) is 45.6 Å². The van der Waals surface area contributed by atoms with E-state index in [-0.39, 0.29) is 17.2 Å². The zero-order valence-electron chi connectivity index (χ0n) is 20.4. The number of halogens is 1. The molecule has 1 aromatic heterocycles. The van der Waals surface area contributed by atoms with E-state index < -0.39 is 35.4 Å². The van der Waals surface area contributed by atoms with E-state index in [9.17, 15) is 23.6 Å². The Hall–Kier alpha value is -4.18. The Labute approximate surface area is 217 Å². The molecule has 0 spiro atoms. The molecule has 4 rings (SSSR count). The number of hydrogen-bond donors (Lipinski definition) is 1. The van der Waals surface area contributed by atoms with E-state index in [1.165, 1.54) is 18.2 Å². The predicted octanol–water partition coefficient (Wildman–Crippen LogP) is 5.08. The largest absolute Gasteiger partial charge is 0.462 e. The standard InChI is InChI=1S/C27H24FN3O5S/c1-4-36-26(34)18-7-5-10-22(12-18)31-16(2)11-19(17(31)3)13-23-25(33)30(27(35)37-23)15-24(32)29-21-9-6-8-20(28)14-21/h5-14H,4,15H2,1-3H3,(H,29,32)/b23-13+. The quantitative estimate of drug-likeness (QED) is 0.344. The summed E-state index contributed by atoms with van der Waals surface area (Å²) in [4.78, 5) is 51.0. The molecule has 1 N–H and O–H groups in total. The number of amides is 3. The lowest BCUT2D eigenvalue weighted by atomic mass is 10.2. The summed E-state index contributed by atoms with van der Waals surface area (Å²) < 4.78 is 20.4. The van der Waals surface area contributed by atoms with Crippen molar-refractivity contribution in [3.05, 3.63) is 87.8 Å². The molecule has 37 heavy (non-hydrogen) atoms. The first kappa shape index (κ1) is 25.9. The highest BCUT2D eigenvalue weighted by molar-refractivity contribution is 8.18. The van der Waals surface area contributed by atoms with Crippen LogP contribution in [0.1, 0.15) is 34.2 Å². The predicted molar refractivity (Wildman–Crippen MR) is 139 cm³/mol. The molecule has 190 valence electrons. The number of nitrogens with one attached hydrogen (secondary N) is 1. The Morgan fingerprint density at radius 2 is 1.84 bits per heavy atom. The molecule has 3 aromatic rings. The topological polar surface area (TPSA) is 97.7 Å². The molecule has 10 heteroatoms. The fraction of sp³-hybridized carbons (Fsp3) is 0.185. The number of hydrogen-bond acceptors (Lipinski definition) is 6. The number of aromatic nitrogens is 1. The van der Waals surface area contributed by atoms with Crippen LogP contribution in [0, 0.1) is 19.7 Å². The van der Waals surface area contributed by atoms with Crippen LogP contribution < -0.4 is 5.32 Å². The highest BCUT2D eigenvalue weighted by atomic mass is 32.2. The number of thioether (sulfide) groups is 1. The van der Waals surface area contributed by atoms with Crippen molar-refractivity contribution in [2.75, 3.05) is 18.5 Å². The summed E-state index contributed by atoms with van der Waals surface area (Å²) in [5.41, 5.74) is 3.78. The Morgan fingerprint density at radius 3 is 2.57 bits per heavy atom. The summed E-state index contributed by atoms with van der Waals surface area (Å²) in [6.07, 6.45) is 1.61. The van der Waals surface area contributed by atoms with Gasteiger partial charge >= 0.3 is 5.97 Å². The van der Waals surface area contributed by atoms with Crippen molar-refractivity contribution < 1.29 is 28.3 Å². The molecule has 3 amide bonds. The first-order valence-electron chi connectivity index (χ1n) is 11.4. The van der Waals surface area contributed by atoms with Crippen LogP contribution in [0.3, 0.4) is 0 Å². The van der Waals surface area contributed by atoms with Gasteiger partial charge in [-0.2, -0.15) is 0 Å². The second-order valence-corrected chi connectivity index (χ2v) is 9.25. The minimum Gasteiger partial charge on any atom is -0.462 e. The Morgan fingerprint density at radius 1 is 1.08 bits per heavy atom. The van der Waals surface area contributed by atoms with Crippen LogP contribution in [0.25, 0.3) is 11.8 Å². The minimum absolute atomic E-state index is 0.184. The highest BCUT2D eigenvalue weighted by Crippen LogP contribution is 2.34. The highest BCUT2D eigenvalue weighted by Gasteiger charge is 2.36. The molecule has 1 aliphatic heterocycles. The van der Waals surface area contributed by atoms with Gasteiger partial charge in [0.2, 0.25) is 5.91 Å². The van der Waals surface area contributed by atoms with Crippen LogP contribution in [0.15, 0.2) is 59.5 Å². The number of anilines is 1. The second-order valence-electron chi connectivity index (χ2n) is 8.26. The number of aryl methyl sites for hydroxylation is 1. The minimum atomic E-state index is -0.617. The molecule has 1 aliphatic rings. The molecule has 1 saturated heterocycles. The monoisotopic (exact) mass is 521 g/mol. The van der Waals surface area contributed by atoms with E-state index in [1.807, 2.05) is 30.5 Å². The summed E-state index contributed by atoms with van der Waals surface area (Å²) in [7, 11) is 0. The van der Waals surface area contributed by atoms with Crippen molar-refractivity contribution in [2.45, 2.75) is 20.8 Å². The molecule has 2 heterocycles. The fourth-order valence-electron chi connectivity index (χ4n) is 4.01. The third-order valence-corrected chi connectivity index (χ3v) is 6.56. The number of esters is 1.